The Labute approximate surface area is 184 Å². The van der Waals surface area contributed by atoms with Crippen LogP contribution in [-0.4, -0.2) is 50.0 Å². The first-order valence-corrected chi connectivity index (χ1v) is 10.3. The van der Waals surface area contributed by atoms with Crippen LogP contribution < -0.4 is 10.1 Å². The summed E-state index contributed by atoms with van der Waals surface area (Å²) < 4.78 is 50.6. The Morgan fingerprint density at radius 2 is 1.87 bits per heavy atom. The average molecular weight is 457 g/mol. The van der Waals surface area contributed by atoms with Crippen molar-refractivity contribution in [3.8, 4) is 5.75 Å². The number of nitrogens with one attached hydrogen (secondary N) is 1. The number of nitrogens with zero attached hydrogens (tertiary/aromatic N) is 1. The molecule has 9 heteroatoms. The molecule has 0 radical (unpaired) electrons. The van der Waals surface area contributed by atoms with Crippen LogP contribution in [0.1, 0.15) is 24.3 Å². The summed E-state index contributed by atoms with van der Waals surface area (Å²) in [5.41, 5.74) is 1.35. The van der Waals surface area contributed by atoms with Crippen LogP contribution in [0.25, 0.3) is 0 Å². The Kier molecular flexibility index (Phi) is 7.67. The van der Waals surface area contributed by atoms with Crippen molar-refractivity contribution in [1.29, 1.82) is 0 Å². The fourth-order valence-electron chi connectivity index (χ4n) is 3.62. The van der Waals surface area contributed by atoms with Crippen LogP contribution in [0.4, 0.5) is 23.7 Å². The van der Waals surface area contributed by atoms with Crippen molar-refractivity contribution in [2.45, 2.75) is 31.0 Å². The number of benzene rings is 2. The molecule has 1 N–H and O–H groups in total. The first-order valence-electron chi connectivity index (χ1n) is 9.91. The highest BCUT2D eigenvalue weighted by atomic mass is 35.5. The van der Waals surface area contributed by atoms with Gasteiger partial charge in [-0.15, -0.1) is 0 Å². The number of hydrogen-bond acceptors (Lipinski definition) is 4. The van der Waals surface area contributed by atoms with Gasteiger partial charge in [0.05, 0.1) is 7.11 Å². The predicted molar refractivity (Wildman–Crippen MR) is 113 cm³/mol. The molecule has 31 heavy (non-hydrogen) atoms. The number of likely N-dealkylation sites (tertiary alicyclic amines) is 1. The van der Waals surface area contributed by atoms with Gasteiger partial charge in [0, 0.05) is 23.8 Å². The van der Waals surface area contributed by atoms with Crippen molar-refractivity contribution in [3.63, 3.8) is 0 Å². The van der Waals surface area contributed by atoms with Crippen molar-refractivity contribution < 1.29 is 27.4 Å². The fraction of sp³-hybridized carbons (Fsp3) is 0.409. The number of amides is 1. The molecule has 3 rings (SSSR count). The van der Waals surface area contributed by atoms with Gasteiger partial charge in [-0.3, -0.25) is 10.2 Å². The Morgan fingerprint density at radius 3 is 2.48 bits per heavy atom. The van der Waals surface area contributed by atoms with Crippen LogP contribution in [0.15, 0.2) is 48.5 Å². The molecule has 0 spiro atoms. The van der Waals surface area contributed by atoms with Gasteiger partial charge in [0.15, 0.2) is 0 Å². The molecule has 1 amide bonds. The summed E-state index contributed by atoms with van der Waals surface area (Å²) in [4.78, 5) is 13.7. The minimum atomic E-state index is -4.68. The van der Waals surface area contributed by atoms with E-state index >= 15 is 0 Å². The van der Waals surface area contributed by atoms with E-state index in [0.29, 0.717) is 23.8 Å². The van der Waals surface area contributed by atoms with Gasteiger partial charge in [-0.25, -0.2) is 4.79 Å². The van der Waals surface area contributed by atoms with E-state index in [1.54, 1.807) is 12.0 Å². The smallest absolute Gasteiger partial charge is 0.426 e. The molecule has 1 fully saturated rings. The van der Waals surface area contributed by atoms with Crippen LogP contribution in [0.5, 0.6) is 5.75 Å². The van der Waals surface area contributed by atoms with Gasteiger partial charge in [-0.05, 0) is 67.3 Å². The number of ether oxygens (including phenoxy) is 2. The summed E-state index contributed by atoms with van der Waals surface area (Å²) in [6.07, 6.45) is -6.41. The number of hydrogen-bond donors (Lipinski definition) is 1. The van der Waals surface area contributed by atoms with Gasteiger partial charge in [0.1, 0.15) is 5.75 Å². The molecule has 2 aromatic rings. The molecule has 1 saturated heterocycles. The van der Waals surface area contributed by atoms with Crippen molar-refractivity contribution in [3.05, 3.63) is 59.1 Å². The van der Waals surface area contributed by atoms with E-state index in [-0.39, 0.29) is 5.92 Å². The van der Waals surface area contributed by atoms with Crippen LogP contribution >= 0.6 is 11.6 Å². The van der Waals surface area contributed by atoms with E-state index in [2.05, 4.69) is 5.32 Å². The summed E-state index contributed by atoms with van der Waals surface area (Å²) in [5.74, 6) is 0.838. The second-order valence-electron chi connectivity index (χ2n) is 7.44. The summed E-state index contributed by atoms with van der Waals surface area (Å²) in [6.45, 7) is 0.562. The SMILES string of the molecule is COc1ccc([C@@H]2CCCN(CC(OC(=O)Nc3ccc(Cl)cc3)C(F)(F)F)C2)cc1. The van der Waals surface area contributed by atoms with E-state index in [1.807, 2.05) is 24.3 Å². The van der Waals surface area contributed by atoms with E-state index in [1.165, 1.54) is 24.3 Å². The molecular weight excluding hydrogens is 433 g/mol. The topological polar surface area (TPSA) is 50.8 Å². The minimum absolute atomic E-state index is 0.108. The lowest BCUT2D eigenvalue weighted by Crippen LogP contribution is -2.47. The maximum atomic E-state index is 13.6. The van der Waals surface area contributed by atoms with E-state index in [4.69, 9.17) is 21.1 Å². The number of methoxy groups -OCH3 is 1. The van der Waals surface area contributed by atoms with E-state index in [0.717, 1.165) is 24.2 Å². The number of piperidine rings is 1. The molecule has 1 unspecified atom stereocenters. The third-order valence-corrected chi connectivity index (χ3v) is 5.47. The van der Waals surface area contributed by atoms with Gasteiger partial charge in [-0.1, -0.05) is 23.7 Å². The van der Waals surface area contributed by atoms with Crippen LogP contribution in [0.3, 0.4) is 0 Å². The lowest BCUT2D eigenvalue weighted by molar-refractivity contribution is -0.207. The number of rotatable bonds is 6. The third kappa shape index (κ3) is 6.77. The number of carbonyl (C=O) groups excluding carboxylic acids is 1. The lowest BCUT2D eigenvalue weighted by Gasteiger charge is -2.35. The highest BCUT2D eigenvalue weighted by Gasteiger charge is 2.44. The summed E-state index contributed by atoms with van der Waals surface area (Å²) in [5, 5.41) is 2.75. The summed E-state index contributed by atoms with van der Waals surface area (Å²) >= 11 is 5.77. The molecule has 0 bridgehead atoms. The number of anilines is 1. The maximum absolute atomic E-state index is 13.6. The highest BCUT2D eigenvalue weighted by molar-refractivity contribution is 6.30. The van der Waals surface area contributed by atoms with Crippen molar-refractivity contribution in [2.75, 3.05) is 32.1 Å². The maximum Gasteiger partial charge on any atom is 0.426 e. The van der Waals surface area contributed by atoms with Gasteiger partial charge < -0.3 is 9.47 Å². The Balaban J connectivity index is 1.61. The van der Waals surface area contributed by atoms with Crippen molar-refractivity contribution >= 4 is 23.4 Å². The molecule has 2 atom stereocenters. The zero-order valence-electron chi connectivity index (χ0n) is 17.0. The largest absolute Gasteiger partial charge is 0.497 e. The van der Waals surface area contributed by atoms with Crippen LogP contribution in [0, 0.1) is 0 Å². The second-order valence-corrected chi connectivity index (χ2v) is 7.88. The molecule has 0 aromatic heterocycles. The Morgan fingerprint density at radius 1 is 1.19 bits per heavy atom. The average Bonchev–Trinajstić information content (AvgIpc) is 2.74. The Bertz CT molecular complexity index is 860. The zero-order valence-corrected chi connectivity index (χ0v) is 17.7. The molecule has 5 nitrogen and oxygen atoms in total. The fourth-order valence-corrected chi connectivity index (χ4v) is 3.75. The normalized spacial score (nSPS) is 18.3. The quantitative estimate of drug-likeness (QED) is 0.605. The number of halogens is 4. The first kappa shape index (κ1) is 23.2. The van der Waals surface area contributed by atoms with Crippen LogP contribution in [0.2, 0.25) is 5.02 Å². The van der Waals surface area contributed by atoms with E-state index in [9.17, 15) is 18.0 Å². The first-order chi connectivity index (χ1) is 14.7. The molecule has 0 saturated carbocycles. The molecule has 1 aliphatic heterocycles. The summed E-state index contributed by atoms with van der Waals surface area (Å²) in [6, 6.07) is 13.6. The Hall–Kier alpha value is -2.45. The molecule has 1 heterocycles. The molecule has 0 aliphatic carbocycles. The van der Waals surface area contributed by atoms with Gasteiger partial charge in [0.25, 0.3) is 0 Å². The molecular formula is C22H24ClF3N2O3. The van der Waals surface area contributed by atoms with E-state index < -0.39 is 24.9 Å². The van der Waals surface area contributed by atoms with Gasteiger partial charge in [-0.2, -0.15) is 13.2 Å². The number of carbonyl (C=O) groups is 1. The zero-order chi connectivity index (χ0) is 22.4. The predicted octanol–water partition coefficient (Wildman–Crippen LogP) is 5.71. The van der Waals surface area contributed by atoms with Crippen LogP contribution in [-0.2, 0) is 4.74 Å². The second kappa shape index (κ2) is 10.2. The highest BCUT2D eigenvalue weighted by Crippen LogP contribution is 2.30. The molecule has 2 aromatic carbocycles. The standard InChI is InChI=1S/C22H24ClF3N2O3/c1-30-19-10-4-15(5-11-19)16-3-2-12-28(13-16)14-20(22(24,25)26)31-21(29)27-18-8-6-17(23)7-9-18/h4-11,16,20H,2-3,12-14H2,1H3,(H,27,29)/t16-,20?/m1/s1. The minimum Gasteiger partial charge on any atom is -0.497 e. The number of alkyl halides is 3. The van der Waals surface area contributed by atoms with Gasteiger partial charge >= 0.3 is 12.3 Å². The molecule has 1 aliphatic rings. The summed E-state index contributed by atoms with van der Waals surface area (Å²) in [7, 11) is 1.58. The monoisotopic (exact) mass is 456 g/mol. The molecule has 168 valence electrons. The van der Waals surface area contributed by atoms with Gasteiger partial charge in [0.2, 0.25) is 6.10 Å². The lowest BCUT2D eigenvalue weighted by atomic mass is 9.90. The van der Waals surface area contributed by atoms with Crippen molar-refractivity contribution in [1.82, 2.24) is 4.90 Å². The van der Waals surface area contributed by atoms with Crippen molar-refractivity contribution in [2.24, 2.45) is 0 Å². The third-order valence-electron chi connectivity index (χ3n) is 5.22.